The molecule has 2 N–H and O–H groups in total. The molecular weight excluding hydrogens is 624 g/mol. The summed E-state index contributed by atoms with van der Waals surface area (Å²) in [6, 6.07) is 15.5. The minimum Gasteiger partial charge on any atom is -1.00 e. The first-order chi connectivity index (χ1) is 19.5. The lowest BCUT2D eigenvalue weighted by Crippen LogP contribution is -3.00. The Bertz CT molecular complexity index is 1770. The minimum atomic E-state index is -0.914. The van der Waals surface area contributed by atoms with E-state index < -0.39 is 11.8 Å². The molecule has 41 heavy (non-hydrogen) atoms. The lowest BCUT2D eigenvalue weighted by Gasteiger charge is -2.00. The SMILES string of the molecule is C[n+]1c(-c2ccc(/C=N/NC(=O)C(=O)N/N=C/c3ccc(-c4cn5ccsc5[n+]4C)cc3)cc2)cn2ccsc21.[Br-]. The third-order valence-electron chi connectivity index (χ3n) is 6.43. The average Bonchev–Trinajstić information content (AvgIpc) is 3.74. The smallest absolute Gasteiger partial charge is 0.345 e. The molecule has 0 aliphatic heterocycles. The van der Waals surface area contributed by atoms with Gasteiger partial charge in [0.2, 0.25) is 0 Å². The van der Waals surface area contributed by atoms with E-state index in [0.717, 1.165) is 43.6 Å². The molecule has 4 heterocycles. The standard InChI is InChI=1S/C28H22N8O2S2.BrH/c1-33-23(17-35-11-13-39-27(33)35)21-7-3-19(4-8-21)15-29-31-25(37)26(38)32-30-16-20-5-9-22(10-6-20)24-18-36-12-14-40-28(36)34(24)2;/h3-18H,1-2H3;1H/p+1/b29-15+,30-16+;. The van der Waals surface area contributed by atoms with Gasteiger partial charge in [-0.25, -0.2) is 20.0 Å². The van der Waals surface area contributed by atoms with Crippen molar-refractivity contribution in [2.45, 2.75) is 0 Å². The molecule has 0 spiro atoms. The molecule has 2 amide bonds. The van der Waals surface area contributed by atoms with Gasteiger partial charge in [0.25, 0.3) is 0 Å². The van der Waals surface area contributed by atoms with Gasteiger partial charge in [-0.2, -0.15) is 19.0 Å². The van der Waals surface area contributed by atoms with Crippen LogP contribution in [0.15, 0.2) is 94.3 Å². The van der Waals surface area contributed by atoms with Gasteiger partial charge in [-0.05, 0) is 35.4 Å². The molecule has 0 atom stereocenters. The Hall–Kier alpha value is -4.46. The molecule has 13 heteroatoms. The maximum absolute atomic E-state index is 12.1. The van der Waals surface area contributed by atoms with Crippen molar-refractivity contribution in [1.82, 2.24) is 19.7 Å². The second-order valence-corrected chi connectivity index (χ2v) is 10.7. The van der Waals surface area contributed by atoms with Gasteiger partial charge in [-0.15, -0.1) is 0 Å². The summed E-state index contributed by atoms with van der Waals surface area (Å²) in [5.74, 6) is -1.83. The van der Waals surface area contributed by atoms with Crippen LogP contribution >= 0.6 is 22.7 Å². The normalized spacial score (nSPS) is 11.5. The van der Waals surface area contributed by atoms with Gasteiger partial charge in [-0.3, -0.25) is 9.59 Å². The Kier molecular flexibility index (Phi) is 8.19. The summed E-state index contributed by atoms with van der Waals surface area (Å²) in [5, 5.41) is 11.9. The van der Waals surface area contributed by atoms with Crippen LogP contribution in [0.4, 0.5) is 0 Å². The number of aryl methyl sites for hydroxylation is 2. The summed E-state index contributed by atoms with van der Waals surface area (Å²) >= 11 is 3.35. The zero-order valence-electron chi connectivity index (χ0n) is 21.9. The van der Waals surface area contributed by atoms with E-state index in [0.29, 0.717) is 0 Å². The van der Waals surface area contributed by atoms with Crippen molar-refractivity contribution in [3.05, 3.63) is 95.2 Å². The Labute approximate surface area is 253 Å². The molecule has 2 aromatic carbocycles. The second kappa shape index (κ2) is 12.0. The summed E-state index contributed by atoms with van der Waals surface area (Å²) in [5.41, 5.74) is 10.3. The fourth-order valence-electron chi connectivity index (χ4n) is 4.36. The number of aromatic nitrogens is 4. The molecular formula is C28H24BrN8O2S2+. The van der Waals surface area contributed by atoms with Crippen molar-refractivity contribution < 1.29 is 35.7 Å². The number of nitrogens with zero attached hydrogens (tertiary/aromatic N) is 6. The van der Waals surface area contributed by atoms with Crippen LogP contribution in [-0.2, 0) is 23.7 Å². The minimum absolute atomic E-state index is 0. The predicted molar refractivity (Wildman–Crippen MR) is 155 cm³/mol. The zero-order valence-corrected chi connectivity index (χ0v) is 25.2. The number of hydrogen-bond acceptors (Lipinski definition) is 6. The Morgan fingerprint density at radius 3 is 1.46 bits per heavy atom. The lowest BCUT2D eigenvalue weighted by atomic mass is 10.1. The van der Waals surface area contributed by atoms with Gasteiger partial charge in [0, 0.05) is 21.9 Å². The highest BCUT2D eigenvalue weighted by atomic mass is 79.9. The molecule has 0 aliphatic carbocycles. The van der Waals surface area contributed by atoms with Crippen molar-refractivity contribution in [3.8, 4) is 22.5 Å². The van der Waals surface area contributed by atoms with E-state index in [9.17, 15) is 9.59 Å². The number of thiazole rings is 2. The van der Waals surface area contributed by atoms with Crippen molar-refractivity contribution in [2.24, 2.45) is 24.3 Å². The highest BCUT2D eigenvalue weighted by Gasteiger charge is 2.18. The number of fused-ring (bicyclic) bond motifs is 2. The second-order valence-electron chi connectivity index (χ2n) is 8.97. The van der Waals surface area contributed by atoms with Gasteiger partial charge < -0.3 is 17.0 Å². The highest BCUT2D eigenvalue weighted by Crippen LogP contribution is 2.21. The van der Waals surface area contributed by atoms with Crippen LogP contribution in [0.25, 0.3) is 32.4 Å². The number of hydrogen-bond donors (Lipinski definition) is 2. The fraction of sp³-hybridized carbons (Fsp3) is 0.0714. The first-order valence-electron chi connectivity index (χ1n) is 12.2. The maximum atomic E-state index is 12.1. The van der Waals surface area contributed by atoms with E-state index in [1.165, 1.54) is 12.4 Å². The quantitative estimate of drug-likeness (QED) is 0.114. The monoisotopic (exact) mass is 647 g/mol. The van der Waals surface area contributed by atoms with Crippen LogP contribution in [0, 0.1) is 0 Å². The first kappa shape index (κ1) is 28.1. The number of nitrogens with one attached hydrogen (secondary N) is 2. The summed E-state index contributed by atoms with van der Waals surface area (Å²) in [6.45, 7) is 0. The van der Waals surface area contributed by atoms with E-state index >= 15 is 0 Å². The average molecular weight is 649 g/mol. The van der Waals surface area contributed by atoms with E-state index in [-0.39, 0.29) is 17.0 Å². The van der Waals surface area contributed by atoms with Gasteiger partial charge in [0.15, 0.2) is 11.4 Å². The molecule has 0 bridgehead atoms. The third-order valence-corrected chi connectivity index (χ3v) is 8.34. The number of imidazole rings is 2. The van der Waals surface area contributed by atoms with Gasteiger partial charge in [-0.1, -0.05) is 46.9 Å². The molecule has 4 aromatic heterocycles. The van der Waals surface area contributed by atoms with Crippen molar-refractivity contribution in [1.29, 1.82) is 0 Å². The van der Waals surface area contributed by atoms with E-state index in [2.05, 4.69) is 51.4 Å². The summed E-state index contributed by atoms with van der Waals surface area (Å²) in [4.78, 5) is 26.4. The third kappa shape index (κ3) is 5.73. The van der Waals surface area contributed by atoms with Gasteiger partial charge in [0.05, 0.1) is 26.5 Å². The Morgan fingerprint density at radius 1 is 0.707 bits per heavy atom. The topological polar surface area (TPSA) is 99.5 Å². The van der Waals surface area contributed by atoms with Gasteiger partial charge >= 0.3 is 21.7 Å². The van der Waals surface area contributed by atoms with Crippen LogP contribution < -0.4 is 37.0 Å². The summed E-state index contributed by atoms with van der Waals surface area (Å²) < 4.78 is 8.44. The van der Waals surface area contributed by atoms with Crippen molar-refractivity contribution in [2.75, 3.05) is 0 Å². The Morgan fingerprint density at radius 2 is 1.10 bits per heavy atom. The van der Waals surface area contributed by atoms with Crippen LogP contribution in [0.3, 0.4) is 0 Å². The molecule has 0 aliphatic rings. The van der Waals surface area contributed by atoms with Crippen LogP contribution in [0.1, 0.15) is 11.1 Å². The number of carbonyl (C=O) groups excluding carboxylic acids is 2. The number of carbonyl (C=O) groups is 2. The molecule has 0 saturated carbocycles. The molecule has 6 aromatic rings. The van der Waals surface area contributed by atoms with E-state index in [1.807, 2.05) is 85.8 Å². The predicted octanol–water partition coefficient (Wildman–Crippen LogP) is -0.0976. The molecule has 6 rings (SSSR count). The molecule has 0 radical (unpaired) electrons. The number of halogens is 1. The summed E-state index contributed by atoms with van der Waals surface area (Å²) in [6.07, 6.45) is 11.2. The largest absolute Gasteiger partial charge is 1.00 e. The molecule has 0 saturated heterocycles. The first-order valence-corrected chi connectivity index (χ1v) is 14.0. The van der Waals surface area contributed by atoms with Crippen LogP contribution in [0.5, 0.6) is 0 Å². The molecule has 0 unspecified atom stereocenters. The van der Waals surface area contributed by atoms with E-state index in [1.54, 1.807) is 22.7 Å². The van der Waals surface area contributed by atoms with Crippen molar-refractivity contribution >= 4 is 56.8 Å². The molecule has 0 fully saturated rings. The number of amides is 2. The van der Waals surface area contributed by atoms with Crippen LogP contribution in [-0.4, -0.2) is 33.0 Å². The lowest BCUT2D eigenvalue weighted by molar-refractivity contribution is -0.631. The summed E-state index contributed by atoms with van der Waals surface area (Å²) in [7, 11) is 4.06. The highest BCUT2D eigenvalue weighted by molar-refractivity contribution is 7.15. The van der Waals surface area contributed by atoms with Crippen LogP contribution in [0.2, 0.25) is 0 Å². The number of hydrazone groups is 2. The number of rotatable bonds is 6. The fourth-order valence-corrected chi connectivity index (χ4v) is 5.97. The van der Waals surface area contributed by atoms with E-state index in [4.69, 9.17) is 0 Å². The van der Waals surface area contributed by atoms with Crippen molar-refractivity contribution in [3.63, 3.8) is 0 Å². The zero-order chi connectivity index (χ0) is 27.6. The number of benzene rings is 2. The Balaban J connectivity index is 0.00000337. The molecule has 10 nitrogen and oxygen atoms in total. The van der Waals surface area contributed by atoms with Gasteiger partial charge in [0.1, 0.15) is 24.8 Å². The maximum Gasteiger partial charge on any atom is 0.345 e. The molecule has 206 valence electrons.